The van der Waals surface area contributed by atoms with Crippen LogP contribution in [0.15, 0.2) is 0 Å². The molecule has 2 nitrogen and oxygen atoms in total. The molecule has 5 N–H and O–H groups in total. The molecular weight excluding hydrogens is 125 g/mol. The molecule has 0 aliphatic carbocycles. The summed E-state index contributed by atoms with van der Waals surface area (Å²) >= 11 is 0. The molecule has 0 spiro atoms. The first-order valence-electron chi connectivity index (χ1n) is 0. The van der Waals surface area contributed by atoms with Gasteiger partial charge in [-0.3, -0.25) is 0 Å². The number of hydrogen-bond acceptors (Lipinski definition) is 1. The van der Waals surface area contributed by atoms with Crippen LogP contribution < -0.4 is 6.15 Å². The van der Waals surface area contributed by atoms with Crippen LogP contribution in [0.4, 0.5) is 0 Å². The van der Waals surface area contributed by atoms with Crippen molar-refractivity contribution in [3.05, 3.63) is 0 Å². The van der Waals surface area contributed by atoms with Gasteiger partial charge >= 0.3 is 37.7 Å². The molecule has 0 rings (SSSR count). The van der Waals surface area contributed by atoms with Crippen LogP contribution in [0.3, 0.4) is 0 Å². The Labute approximate surface area is 76.7 Å². The molecule has 5 heavy (non-hydrogen) atoms. The number of rotatable bonds is 0. The Kier molecular flexibility index (Phi) is 507. The van der Waals surface area contributed by atoms with E-state index >= 15 is 0 Å². The fraction of sp³-hybridized carbons (Fsp3) is 0. The van der Waals surface area contributed by atoms with E-state index in [1.54, 1.807) is 0 Å². The van der Waals surface area contributed by atoms with Gasteiger partial charge in [0.15, 0.2) is 17.4 Å². The summed E-state index contributed by atoms with van der Waals surface area (Å²) in [5.74, 6) is 0. The fourth-order valence-corrected chi connectivity index (χ4v) is 0. The summed E-state index contributed by atoms with van der Waals surface area (Å²) in [7, 11) is 0. The van der Waals surface area contributed by atoms with Crippen LogP contribution in [-0.2, 0) is 0 Å². The van der Waals surface area contributed by atoms with Gasteiger partial charge in [0.25, 0.3) is 0 Å². The van der Waals surface area contributed by atoms with Gasteiger partial charge in [-0.25, -0.2) is 0 Å². The molecule has 0 saturated heterocycles. The van der Waals surface area contributed by atoms with E-state index in [1.165, 1.54) is 0 Å². The SMILES string of the molecule is N.O.[AlH3].[CaH2].[SiH4]. The molecule has 0 aliphatic rings. The van der Waals surface area contributed by atoms with E-state index in [1.807, 2.05) is 0 Å². The molecule has 0 aromatic rings. The predicted molar refractivity (Wildman–Crippen MR) is 38.5 cm³/mol. The van der Waals surface area contributed by atoms with Crippen LogP contribution in [0.2, 0.25) is 0 Å². The van der Waals surface area contributed by atoms with Gasteiger partial charge in [-0.05, 0) is 11.0 Å². The van der Waals surface area contributed by atoms with Crippen molar-refractivity contribution in [3.8, 4) is 0 Å². The van der Waals surface area contributed by atoms with Crippen LogP contribution in [-0.4, -0.2) is 71.5 Å². The zero-order valence-electron chi connectivity index (χ0n) is 1.21. The maximum absolute atomic E-state index is 0. The third kappa shape index (κ3) is 24.6. The summed E-state index contributed by atoms with van der Waals surface area (Å²) in [6.45, 7) is 0. The third-order valence-corrected chi connectivity index (χ3v) is 0. The van der Waals surface area contributed by atoms with Crippen molar-refractivity contribution >= 4 is 66.1 Å². The molecule has 34 valence electrons. The van der Waals surface area contributed by atoms with Crippen molar-refractivity contribution in [2.75, 3.05) is 0 Å². The van der Waals surface area contributed by atoms with Crippen LogP contribution in [0.5, 0.6) is 0 Å². The van der Waals surface area contributed by atoms with Crippen molar-refractivity contribution in [1.82, 2.24) is 6.15 Å². The van der Waals surface area contributed by atoms with Crippen LogP contribution in [0.25, 0.3) is 0 Å². The Hall–Kier alpha value is 1.93. The van der Waals surface area contributed by atoms with Gasteiger partial charge in [-0.1, -0.05) is 0 Å². The summed E-state index contributed by atoms with van der Waals surface area (Å²) in [5, 5.41) is 0. The zero-order valence-corrected chi connectivity index (χ0v) is 1.21. The molecule has 0 amide bonds. The largest absolute Gasteiger partial charge is 0.0149 e. The van der Waals surface area contributed by atoms with Gasteiger partial charge in [0, 0.05) is 0 Å². The summed E-state index contributed by atoms with van der Waals surface area (Å²) in [4.78, 5) is 0. The second-order valence-corrected chi connectivity index (χ2v) is 0. The molecular formula is H14AlCaNOSi. The van der Waals surface area contributed by atoms with Gasteiger partial charge in [0.1, 0.15) is 0 Å². The first-order valence-corrected chi connectivity index (χ1v) is 0. The Morgan fingerprint density at radius 2 is 1.00 bits per heavy atom. The Morgan fingerprint density at radius 3 is 1.00 bits per heavy atom. The van der Waals surface area contributed by atoms with Crippen LogP contribution in [0, 0.1) is 0 Å². The zero-order chi connectivity index (χ0) is 0. The molecule has 0 heterocycles. The molecule has 0 radical (unpaired) electrons. The average molecular weight is 139 g/mol. The quantitative estimate of drug-likeness (QED) is 0.340. The molecule has 0 aliphatic heterocycles. The summed E-state index contributed by atoms with van der Waals surface area (Å²) in [6, 6.07) is 0. The van der Waals surface area contributed by atoms with E-state index in [0.717, 1.165) is 0 Å². The third-order valence-electron chi connectivity index (χ3n) is 0. The van der Waals surface area contributed by atoms with E-state index in [9.17, 15) is 0 Å². The van der Waals surface area contributed by atoms with Gasteiger partial charge in [0.2, 0.25) is 0 Å². The van der Waals surface area contributed by atoms with E-state index in [-0.39, 0.29) is 77.7 Å². The molecule has 0 aromatic carbocycles. The van der Waals surface area contributed by atoms with Gasteiger partial charge in [0.05, 0.1) is 0 Å². The maximum Gasteiger partial charge on any atom is -0.0149 e. The first-order chi connectivity index (χ1) is 0. The minimum atomic E-state index is 0. The van der Waals surface area contributed by atoms with Gasteiger partial charge < -0.3 is 11.6 Å². The van der Waals surface area contributed by atoms with Crippen molar-refractivity contribution in [2.45, 2.75) is 0 Å². The molecule has 0 aromatic heterocycles. The summed E-state index contributed by atoms with van der Waals surface area (Å²) < 4.78 is 0. The Morgan fingerprint density at radius 1 is 1.00 bits per heavy atom. The minimum absolute atomic E-state index is 0. The Bertz CT molecular complexity index is 11.6. The maximum atomic E-state index is 0. The number of hydrogen-bond donors (Lipinski definition) is 1. The summed E-state index contributed by atoms with van der Waals surface area (Å²) in [5.41, 5.74) is 0. The summed E-state index contributed by atoms with van der Waals surface area (Å²) in [6.07, 6.45) is 0. The smallest absolute Gasteiger partial charge is 0.0149 e. The molecule has 0 unspecified atom stereocenters. The van der Waals surface area contributed by atoms with E-state index < -0.39 is 0 Å². The first kappa shape index (κ1) is 65.5. The van der Waals surface area contributed by atoms with Crippen molar-refractivity contribution < 1.29 is 5.48 Å². The van der Waals surface area contributed by atoms with Gasteiger partial charge in [-0.2, -0.15) is 0 Å². The molecule has 0 atom stereocenters. The molecule has 5 heteroatoms. The van der Waals surface area contributed by atoms with Crippen LogP contribution in [0.1, 0.15) is 0 Å². The van der Waals surface area contributed by atoms with Crippen molar-refractivity contribution in [2.24, 2.45) is 0 Å². The second-order valence-electron chi connectivity index (χ2n) is 0. The normalized spacial score (nSPS) is 0. The predicted octanol–water partition coefficient (Wildman–Crippen LogP) is -4.21. The minimum Gasteiger partial charge on any atom is -0.0149 e. The van der Waals surface area contributed by atoms with Crippen molar-refractivity contribution in [3.63, 3.8) is 0 Å². The molecule has 0 fully saturated rings. The van der Waals surface area contributed by atoms with Crippen LogP contribution >= 0.6 is 0 Å². The fourth-order valence-electron chi connectivity index (χ4n) is 0. The monoisotopic (exact) mass is 139 g/mol. The average Bonchev–Trinajstić information content (AvgIpc) is 0. The molecule has 0 saturated carbocycles. The molecule has 0 bridgehead atoms. The standard InChI is InChI=1S/Al.Ca.H3N.H2O.H4Si.5H/h;;1H3;1H2;1H4;;;;;. The van der Waals surface area contributed by atoms with E-state index in [4.69, 9.17) is 0 Å². The second kappa shape index (κ2) is 38.7. The van der Waals surface area contributed by atoms with Crippen molar-refractivity contribution in [1.29, 1.82) is 0 Å². The van der Waals surface area contributed by atoms with Gasteiger partial charge in [-0.15, -0.1) is 0 Å². The Balaban J connectivity index is 0. The van der Waals surface area contributed by atoms with E-state index in [2.05, 4.69) is 0 Å². The van der Waals surface area contributed by atoms with E-state index in [0.29, 0.717) is 0 Å². The topological polar surface area (TPSA) is 66.5 Å².